The number of halogens is 2. The van der Waals surface area contributed by atoms with Crippen molar-refractivity contribution in [1.29, 1.82) is 0 Å². The van der Waals surface area contributed by atoms with Gasteiger partial charge in [0.15, 0.2) is 0 Å². The van der Waals surface area contributed by atoms with Crippen molar-refractivity contribution in [2.24, 2.45) is 0 Å². The summed E-state index contributed by atoms with van der Waals surface area (Å²) in [6.07, 6.45) is 0.860. The lowest BCUT2D eigenvalue weighted by atomic mass is 9.92. The smallest absolute Gasteiger partial charge is 0.321 e. The van der Waals surface area contributed by atoms with Crippen molar-refractivity contribution in [2.45, 2.75) is 18.4 Å². The molecule has 1 saturated heterocycles. The van der Waals surface area contributed by atoms with Gasteiger partial charge in [-0.15, -0.1) is 12.4 Å². The summed E-state index contributed by atoms with van der Waals surface area (Å²) in [4.78, 5) is 11.0. The van der Waals surface area contributed by atoms with E-state index in [1.165, 1.54) is 0 Å². The first-order valence-corrected chi connectivity index (χ1v) is 5.28. The highest BCUT2D eigenvalue weighted by Gasteiger charge is 2.33. The molecule has 0 saturated carbocycles. The second-order valence-corrected chi connectivity index (χ2v) is 4.15. The summed E-state index contributed by atoms with van der Waals surface area (Å²) in [5, 5.41) is 12.7. The molecule has 0 bridgehead atoms. The zero-order chi connectivity index (χ0) is 10.8. The van der Waals surface area contributed by atoms with E-state index in [-0.39, 0.29) is 18.3 Å². The fourth-order valence-electron chi connectivity index (χ4n) is 2.03. The topological polar surface area (TPSA) is 49.3 Å². The van der Waals surface area contributed by atoms with Gasteiger partial charge in [-0.3, -0.25) is 4.79 Å². The zero-order valence-electron chi connectivity index (χ0n) is 8.52. The molecule has 1 fully saturated rings. The predicted octanol–water partition coefficient (Wildman–Crippen LogP) is 2.29. The van der Waals surface area contributed by atoms with Crippen LogP contribution in [0.4, 0.5) is 0 Å². The molecule has 5 heteroatoms. The third-order valence-electron chi connectivity index (χ3n) is 2.79. The van der Waals surface area contributed by atoms with Gasteiger partial charge in [-0.05, 0) is 30.7 Å². The fraction of sp³-hybridized carbons (Fsp3) is 0.364. The summed E-state index contributed by atoms with van der Waals surface area (Å²) in [5.41, 5.74) is 1.04. The minimum atomic E-state index is -0.785. The Kier molecular flexibility index (Phi) is 4.59. The lowest BCUT2D eigenvalue weighted by molar-refractivity contribution is -0.139. The maximum Gasteiger partial charge on any atom is 0.321 e. The number of carboxylic acid groups (broad SMARTS) is 1. The molecule has 1 aliphatic rings. The first kappa shape index (κ1) is 13.3. The summed E-state index contributed by atoms with van der Waals surface area (Å²) in [6, 6.07) is 6.93. The quantitative estimate of drug-likeness (QED) is 0.859. The lowest BCUT2D eigenvalue weighted by Gasteiger charge is -2.15. The number of carboxylic acids is 1. The van der Waals surface area contributed by atoms with Crippen molar-refractivity contribution in [2.75, 3.05) is 6.54 Å². The number of benzene rings is 1. The average Bonchev–Trinajstić information content (AvgIpc) is 2.67. The van der Waals surface area contributed by atoms with Crippen LogP contribution in [0.5, 0.6) is 0 Å². The van der Waals surface area contributed by atoms with E-state index in [0.717, 1.165) is 18.5 Å². The molecule has 2 N–H and O–H groups in total. The molecule has 0 aromatic heterocycles. The molecule has 1 aliphatic heterocycles. The van der Waals surface area contributed by atoms with Crippen LogP contribution in [0.3, 0.4) is 0 Å². The highest BCUT2D eigenvalue weighted by atomic mass is 35.5. The summed E-state index contributed by atoms with van der Waals surface area (Å²) in [7, 11) is 0. The van der Waals surface area contributed by atoms with Crippen LogP contribution in [0, 0.1) is 0 Å². The van der Waals surface area contributed by atoms with Gasteiger partial charge in [0.25, 0.3) is 0 Å². The van der Waals surface area contributed by atoms with Crippen molar-refractivity contribution < 1.29 is 9.90 Å². The van der Waals surface area contributed by atoms with Crippen LogP contribution in [0.2, 0.25) is 5.02 Å². The van der Waals surface area contributed by atoms with E-state index in [2.05, 4.69) is 5.32 Å². The number of hydrogen-bond acceptors (Lipinski definition) is 2. The minimum Gasteiger partial charge on any atom is -0.480 e. The van der Waals surface area contributed by atoms with Crippen LogP contribution in [-0.2, 0) is 4.79 Å². The van der Waals surface area contributed by atoms with Gasteiger partial charge in [-0.25, -0.2) is 0 Å². The first-order chi connectivity index (χ1) is 7.18. The van der Waals surface area contributed by atoms with Crippen molar-refractivity contribution in [3.8, 4) is 0 Å². The van der Waals surface area contributed by atoms with Gasteiger partial charge in [0.2, 0.25) is 0 Å². The number of nitrogens with one attached hydrogen (secondary N) is 1. The SMILES string of the molecule is Cl.O=C(O)C1NCCC1c1ccc(Cl)cc1. The number of rotatable bonds is 2. The lowest BCUT2D eigenvalue weighted by Crippen LogP contribution is -2.34. The molecule has 0 spiro atoms. The van der Waals surface area contributed by atoms with E-state index < -0.39 is 12.0 Å². The Bertz CT molecular complexity index is 367. The van der Waals surface area contributed by atoms with E-state index >= 15 is 0 Å². The van der Waals surface area contributed by atoms with E-state index in [1.54, 1.807) is 12.1 Å². The van der Waals surface area contributed by atoms with Gasteiger partial charge >= 0.3 is 5.97 Å². The Morgan fingerprint density at radius 3 is 2.56 bits per heavy atom. The van der Waals surface area contributed by atoms with Crippen LogP contribution < -0.4 is 5.32 Å². The molecule has 0 aliphatic carbocycles. The third kappa shape index (κ3) is 2.67. The summed E-state index contributed by atoms with van der Waals surface area (Å²) in [5.74, 6) is -0.729. The van der Waals surface area contributed by atoms with E-state index in [1.807, 2.05) is 12.1 Å². The van der Waals surface area contributed by atoms with Gasteiger partial charge in [0.1, 0.15) is 6.04 Å². The van der Waals surface area contributed by atoms with Crippen LogP contribution in [0.15, 0.2) is 24.3 Å². The van der Waals surface area contributed by atoms with Crippen LogP contribution >= 0.6 is 24.0 Å². The Hall–Kier alpha value is -0.770. The monoisotopic (exact) mass is 261 g/mol. The maximum absolute atomic E-state index is 11.0. The molecule has 2 unspecified atom stereocenters. The molecule has 1 heterocycles. The summed E-state index contributed by atoms with van der Waals surface area (Å²) >= 11 is 5.79. The van der Waals surface area contributed by atoms with E-state index in [4.69, 9.17) is 16.7 Å². The van der Waals surface area contributed by atoms with Crippen molar-refractivity contribution in [1.82, 2.24) is 5.32 Å². The molecule has 1 aromatic rings. The molecular formula is C11H13Cl2NO2. The molecular weight excluding hydrogens is 249 g/mol. The van der Waals surface area contributed by atoms with Crippen molar-refractivity contribution >= 4 is 30.0 Å². The van der Waals surface area contributed by atoms with Crippen LogP contribution in [0.1, 0.15) is 17.9 Å². The molecule has 88 valence electrons. The Labute approximate surface area is 105 Å². The second kappa shape index (κ2) is 5.53. The van der Waals surface area contributed by atoms with Crippen LogP contribution in [-0.4, -0.2) is 23.7 Å². The Morgan fingerprint density at radius 1 is 1.38 bits per heavy atom. The maximum atomic E-state index is 11.0. The molecule has 2 atom stereocenters. The molecule has 0 amide bonds. The average molecular weight is 262 g/mol. The molecule has 3 nitrogen and oxygen atoms in total. The van der Waals surface area contributed by atoms with Gasteiger partial charge in [-0.1, -0.05) is 23.7 Å². The highest BCUT2D eigenvalue weighted by Crippen LogP contribution is 2.28. The van der Waals surface area contributed by atoms with Crippen LogP contribution in [0.25, 0.3) is 0 Å². The van der Waals surface area contributed by atoms with E-state index in [9.17, 15) is 4.79 Å². The fourth-order valence-corrected chi connectivity index (χ4v) is 2.16. The molecule has 2 rings (SSSR count). The minimum absolute atomic E-state index is 0. The molecule has 1 aromatic carbocycles. The normalized spacial score (nSPS) is 23.8. The second-order valence-electron chi connectivity index (χ2n) is 3.72. The van der Waals surface area contributed by atoms with Crippen molar-refractivity contribution in [3.63, 3.8) is 0 Å². The molecule has 16 heavy (non-hydrogen) atoms. The van der Waals surface area contributed by atoms with E-state index in [0.29, 0.717) is 5.02 Å². The van der Waals surface area contributed by atoms with Gasteiger partial charge < -0.3 is 10.4 Å². The van der Waals surface area contributed by atoms with Gasteiger partial charge in [-0.2, -0.15) is 0 Å². The molecule has 0 radical (unpaired) electrons. The predicted molar refractivity (Wildman–Crippen MR) is 65.5 cm³/mol. The Morgan fingerprint density at radius 2 is 2.00 bits per heavy atom. The standard InChI is InChI=1S/C11H12ClNO2.ClH/c12-8-3-1-7(2-4-8)9-5-6-13-10(9)11(14)15;/h1-4,9-10,13H,5-6H2,(H,14,15);1H. The van der Waals surface area contributed by atoms with Gasteiger partial charge in [0.05, 0.1) is 0 Å². The van der Waals surface area contributed by atoms with Crippen molar-refractivity contribution in [3.05, 3.63) is 34.9 Å². The zero-order valence-corrected chi connectivity index (χ0v) is 10.1. The number of hydrogen-bond donors (Lipinski definition) is 2. The Balaban J connectivity index is 0.00000128. The summed E-state index contributed by atoms with van der Waals surface area (Å²) < 4.78 is 0. The first-order valence-electron chi connectivity index (χ1n) is 4.90. The number of carbonyl (C=O) groups is 1. The van der Waals surface area contributed by atoms with Gasteiger partial charge in [0, 0.05) is 10.9 Å². The largest absolute Gasteiger partial charge is 0.480 e. The highest BCUT2D eigenvalue weighted by molar-refractivity contribution is 6.30. The number of aliphatic carboxylic acids is 1. The summed E-state index contributed by atoms with van der Waals surface area (Å²) in [6.45, 7) is 0.754. The third-order valence-corrected chi connectivity index (χ3v) is 3.04.